The second kappa shape index (κ2) is 8.56. The van der Waals surface area contributed by atoms with E-state index in [4.69, 9.17) is 0 Å². The first-order valence-corrected chi connectivity index (χ1v) is 13.8. The van der Waals surface area contributed by atoms with E-state index in [2.05, 4.69) is 48.1 Å². The minimum absolute atomic E-state index is 0. The molecule has 5 saturated carbocycles. The minimum Gasteiger partial charge on any atom is -0.481 e. The van der Waals surface area contributed by atoms with E-state index < -0.39 is 11.4 Å². The molecule has 0 heterocycles. The second-order valence-corrected chi connectivity index (χ2v) is 14.5. The Morgan fingerprint density at radius 2 is 1.50 bits per heavy atom. The normalized spacial score (nSPS) is 53.4. The fourth-order valence-electron chi connectivity index (χ4n) is 11.5. The summed E-state index contributed by atoms with van der Waals surface area (Å²) in [5.74, 6) is 1.79. The van der Waals surface area contributed by atoms with E-state index in [9.17, 15) is 15.0 Å². The van der Waals surface area contributed by atoms with Crippen molar-refractivity contribution in [1.29, 1.82) is 0 Å². The molecule has 0 aromatic heterocycles. The Hall–Kier alpha value is 0.612. The van der Waals surface area contributed by atoms with E-state index in [-0.39, 0.29) is 77.7 Å². The van der Waals surface area contributed by atoms with Gasteiger partial charge in [0.15, 0.2) is 0 Å². The average molecular weight is 684 g/mol. The molecule has 34 heavy (non-hydrogen) atoms. The largest absolute Gasteiger partial charge is 0.481 e. The molecule has 0 amide bonds. The number of carboxylic acids is 1. The van der Waals surface area contributed by atoms with E-state index >= 15 is 0 Å². The fraction of sp³-hybridized carbons (Fsp3) is 0.900. The maximum Gasteiger partial charge on any atom is 0.309 e. The molecule has 5 fully saturated rings. The molecule has 4 heteroatoms. The van der Waals surface area contributed by atoms with E-state index in [1.165, 1.54) is 31.3 Å². The van der Waals surface area contributed by atoms with Gasteiger partial charge in [-0.1, -0.05) is 46.8 Å². The zero-order valence-electron chi connectivity index (χ0n) is 22.6. The van der Waals surface area contributed by atoms with Crippen molar-refractivity contribution in [2.45, 2.75) is 112 Å². The van der Waals surface area contributed by atoms with Crippen LogP contribution in [0.25, 0.3) is 0 Å². The number of rotatable bonds is 2. The van der Waals surface area contributed by atoms with Crippen LogP contribution in [0.4, 0.5) is 0 Å². The van der Waals surface area contributed by atoms with E-state index in [1.54, 1.807) is 0 Å². The van der Waals surface area contributed by atoms with Crippen molar-refractivity contribution in [3.8, 4) is 0 Å². The smallest absolute Gasteiger partial charge is 0.309 e. The molecule has 7 unspecified atom stereocenters. The number of hydrogen-bond donors (Lipinski definition) is 2. The third kappa shape index (κ3) is 3.28. The van der Waals surface area contributed by atoms with Crippen molar-refractivity contribution < 1.29 is 59.1 Å². The zero-order chi connectivity index (χ0) is 24.2. The zero-order valence-corrected chi connectivity index (χ0v) is 27.4. The molecular formula is C30H48AcO3. The summed E-state index contributed by atoms with van der Waals surface area (Å²) in [5, 5.41) is 21.4. The van der Waals surface area contributed by atoms with E-state index in [0.717, 1.165) is 38.5 Å². The molecule has 5 rings (SSSR count). The molecule has 0 spiro atoms. The molecule has 189 valence electrons. The first-order valence-electron chi connectivity index (χ1n) is 13.8. The van der Waals surface area contributed by atoms with Crippen molar-refractivity contribution in [1.82, 2.24) is 0 Å². The van der Waals surface area contributed by atoms with Crippen LogP contribution in [0.15, 0.2) is 12.2 Å². The summed E-state index contributed by atoms with van der Waals surface area (Å²) in [5.41, 5.74) is 1.35. The van der Waals surface area contributed by atoms with Crippen LogP contribution in [0.1, 0.15) is 106 Å². The van der Waals surface area contributed by atoms with Crippen LogP contribution in [-0.2, 0) is 4.79 Å². The van der Waals surface area contributed by atoms with Gasteiger partial charge in [-0.25, -0.2) is 0 Å². The third-order valence-corrected chi connectivity index (χ3v) is 13.5. The molecule has 10 atom stereocenters. The van der Waals surface area contributed by atoms with Gasteiger partial charge >= 0.3 is 5.97 Å². The van der Waals surface area contributed by atoms with Crippen LogP contribution in [0, 0.1) is 101 Å². The molecule has 0 aromatic carbocycles. The van der Waals surface area contributed by atoms with Crippen LogP contribution in [0.3, 0.4) is 0 Å². The first kappa shape index (κ1) is 27.6. The monoisotopic (exact) mass is 683 g/mol. The number of aliphatic hydroxyl groups excluding tert-OH is 1. The van der Waals surface area contributed by atoms with Crippen LogP contribution < -0.4 is 0 Å². The van der Waals surface area contributed by atoms with Crippen molar-refractivity contribution >= 4 is 5.97 Å². The number of aliphatic hydroxyl groups is 1. The summed E-state index contributed by atoms with van der Waals surface area (Å²) in [7, 11) is 0. The number of carboxylic acid groups (broad SMARTS) is 1. The SMILES string of the molecule is C=C(C)C1CCC2(C(=O)O)CC[C@]3(C)C(CCC4[C@@]5(C)CCC(O)C(C)(C)C5CC[C@]43C)C12.[Ac]. The Labute approximate surface area is 243 Å². The average Bonchev–Trinajstić information content (AvgIpc) is 3.13. The van der Waals surface area contributed by atoms with Gasteiger partial charge in [0.25, 0.3) is 0 Å². The summed E-state index contributed by atoms with van der Waals surface area (Å²) in [6, 6.07) is 0. The van der Waals surface area contributed by atoms with Gasteiger partial charge < -0.3 is 10.2 Å². The standard InChI is InChI=1S/C30H48O3.Ac/c1-18(2)19-10-15-30(25(32)33)17-16-28(6)20(24(19)30)8-9-22-27(5)13-12-23(31)26(3,4)21(27)11-14-29(22,28)7;/h19-24,31H,1,8-17H2,2-7H3,(H,32,33);/t19?,20?,21?,22?,23?,24?,27-,28+,29+,30?;/m0./s1. The van der Waals surface area contributed by atoms with Gasteiger partial charge in [0.2, 0.25) is 0 Å². The predicted octanol–water partition coefficient (Wildman–Crippen LogP) is 7.09. The van der Waals surface area contributed by atoms with Gasteiger partial charge in [0.1, 0.15) is 0 Å². The Morgan fingerprint density at radius 3 is 2.12 bits per heavy atom. The number of allylic oxidation sites excluding steroid dienone is 1. The summed E-state index contributed by atoms with van der Waals surface area (Å²) in [4.78, 5) is 12.8. The number of aliphatic carboxylic acids is 1. The quantitative estimate of drug-likeness (QED) is 0.306. The Morgan fingerprint density at radius 1 is 0.824 bits per heavy atom. The molecule has 5 aliphatic rings. The molecular weight excluding hydrogens is 635 g/mol. The summed E-state index contributed by atoms with van der Waals surface area (Å²) >= 11 is 0. The molecule has 1 radical (unpaired) electrons. The third-order valence-electron chi connectivity index (χ3n) is 13.5. The molecule has 0 aliphatic heterocycles. The fourth-order valence-corrected chi connectivity index (χ4v) is 11.5. The van der Waals surface area contributed by atoms with Gasteiger partial charge in [-0.3, -0.25) is 4.79 Å². The molecule has 5 aliphatic carbocycles. The first-order chi connectivity index (χ1) is 15.3. The van der Waals surface area contributed by atoms with Gasteiger partial charge in [0, 0.05) is 44.1 Å². The summed E-state index contributed by atoms with van der Waals surface area (Å²) in [6.45, 7) is 18.8. The van der Waals surface area contributed by atoms with Gasteiger partial charge in [-0.15, -0.1) is 0 Å². The molecule has 2 N–H and O–H groups in total. The molecule has 3 nitrogen and oxygen atoms in total. The minimum atomic E-state index is -0.538. The van der Waals surface area contributed by atoms with Gasteiger partial charge in [-0.05, 0) is 122 Å². The van der Waals surface area contributed by atoms with Crippen molar-refractivity contribution in [3.63, 3.8) is 0 Å². The van der Waals surface area contributed by atoms with Crippen LogP contribution >= 0.6 is 0 Å². The van der Waals surface area contributed by atoms with Crippen LogP contribution in [-0.4, -0.2) is 22.3 Å². The Kier molecular flexibility index (Phi) is 6.96. The number of carbonyl (C=O) groups is 1. The van der Waals surface area contributed by atoms with E-state index in [1.807, 2.05) is 0 Å². The summed E-state index contributed by atoms with van der Waals surface area (Å²) < 4.78 is 0. The Balaban J connectivity index is 0.00000274. The predicted molar refractivity (Wildman–Crippen MR) is 133 cm³/mol. The molecule has 0 bridgehead atoms. The van der Waals surface area contributed by atoms with E-state index in [0.29, 0.717) is 23.7 Å². The molecule has 0 aromatic rings. The Bertz CT molecular complexity index is 867. The van der Waals surface area contributed by atoms with Gasteiger partial charge in [-0.2, -0.15) is 0 Å². The summed E-state index contributed by atoms with van der Waals surface area (Å²) in [6.07, 6.45) is 10.5. The molecule has 0 saturated heterocycles. The number of hydrogen-bond acceptors (Lipinski definition) is 2. The maximum atomic E-state index is 12.8. The maximum absolute atomic E-state index is 12.8. The van der Waals surface area contributed by atoms with Crippen molar-refractivity contribution in [3.05, 3.63) is 12.2 Å². The topological polar surface area (TPSA) is 57.5 Å². The number of fused-ring (bicyclic) bond motifs is 7. The second-order valence-electron chi connectivity index (χ2n) is 14.5. The van der Waals surface area contributed by atoms with Crippen LogP contribution in [0.5, 0.6) is 0 Å². The van der Waals surface area contributed by atoms with Gasteiger partial charge in [0.05, 0.1) is 11.5 Å². The van der Waals surface area contributed by atoms with Crippen molar-refractivity contribution in [2.75, 3.05) is 0 Å². The van der Waals surface area contributed by atoms with Crippen LogP contribution in [0.2, 0.25) is 0 Å². The van der Waals surface area contributed by atoms with Crippen molar-refractivity contribution in [2.24, 2.45) is 56.7 Å².